The van der Waals surface area contributed by atoms with Crippen LogP contribution >= 0.6 is 0 Å². The summed E-state index contributed by atoms with van der Waals surface area (Å²) in [5.74, 6) is 1.71. The fourth-order valence-corrected chi connectivity index (χ4v) is 1.65. The maximum absolute atomic E-state index is 5.60. The lowest BCUT2D eigenvalue weighted by Crippen LogP contribution is -2.01. The molecule has 0 saturated heterocycles. The average molecular weight is 236 g/mol. The monoisotopic (exact) mass is 236 g/mol. The summed E-state index contributed by atoms with van der Waals surface area (Å²) in [5.41, 5.74) is 1.65. The molecule has 1 aromatic heterocycles. The lowest BCUT2D eigenvalue weighted by Gasteiger charge is -2.15. The van der Waals surface area contributed by atoms with Crippen molar-refractivity contribution in [1.82, 2.24) is 0 Å². The maximum Gasteiger partial charge on any atom is 0.131 e. The molecule has 0 aliphatic carbocycles. The number of fused-ring (bicyclic) bond motifs is 4. The zero-order valence-corrected chi connectivity index (χ0v) is 9.74. The highest BCUT2D eigenvalue weighted by molar-refractivity contribution is 5.45. The van der Waals surface area contributed by atoms with Crippen molar-refractivity contribution in [3.05, 3.63) is 83.1 Å². The first-order valence-electron chi connectivity index (χ1n) is 5.79. The first-order valence-corrected chi connectivity index (χ1v) is 5.79. The molecule has 0 unspecified atom stereocenters. The van der Waals surface area contributed by atoms with E-state index in [9.17, 15) is 0 Å². The molecule has 4 rings (SSSR count). The molecule has 0 spiro atoms. The standard InChI is InChI=1S/C16H12O2/c1-2-4-6-13-8-9-14(17-13)10-11-16-12-15(18-16)7-5-3-1/h1-12H/b2-1?,3-1+,4-2+,5-3?,6-4?,7-5-,11-10?,13-6-,14-10-,15-7?,16-11+. The van der Waals surface area contributed by atoms with Gasteiger partial charge in [-0.1, -0.05) is 30.4 Å². The number of allylic oxidation sites excluding steroid dienone is 8. The Morgan fingerprint density at radius 1 is 0.667 bits per heavy atom. The van der Waals surface area contributed by atoms with Gasteiger partial charge in [0, 0.05) is 6.08 Å². The van der Waals surface area contributed by atoms with E-state index in [0.717, 1.165) is 22.3 Å². The Kier molecular flexibility index (Phi) is 2.84. The highest BCUT2D eigenvalue weighted by atomic mass is 16.5. The summed E-state index contributed by atoms with van der Waals surface area (Å²) < 4.78 is 11.1. The Bertz CT molecular complexity index is 707. The second-order valence-electron chi connectivity index (χ2n) is 3.92. The number of ether oxygens (including phenoxy) is 1. The lowest BCUT2D eigenvalue weighted by atomic mass is 10.2. The molecular weight excluding hydrogens is 224 g/mol. The molecule has 0 saturated carbocycles. The van der Waals surface area contributed by atoms with Crippen molar-refractivity contribution in [2.24, 2.45) is 0 Å². The van der Waals surface area contributed by atoms with Crippen LogP contribution in [0, 0.1) is 0 Å². The van der Waals surface area contributed by atoms with Crippen LogP contribution in [-0.4, -0.2) is 0 Å². The van der Waals surface area contributed by atoms with Gasteiger partial charge in [-0.05, 0) is 36.4 Å². The Labute approximate surface area is 105 Å². The maximum atomic E-state index is 5.60. The van der Waals surface area contributed by atoms with Crippen LogP contribution < -0.4 is 10.8 Å². The van der Waals surface area contributed by atoms with E-state index in [1.165, 1.54) is 0 Å². The molecular formula is C16H12O2. The molecule has 2 nitrogen and oxygen atoms in total. The molecule has 0 aromatic carbocycles. The van der Waals surface area contributed by atoms with E-state index in [1.807, 2.05) is 72.9 Å². The Hall–Kier alpha value is -2.48. The van der Waals surface area contributed by atoms with Crippen molar-refractivity contribution in [1.29, 1.82) is 0 Å². The van der Waals surface area contributed by atoms with Gasteiger partial charge in [-0.2, -0.15) is 0 Å². The molecule has 2 heteroatoms. The summed E-state index contributed by atoms with van der Waals surface area (Å²) >= 11 is 0. The van der Waals surface area contributed by atoms with E-state index in [1.54, 1.807) is 0 Å². The molecule has 0 fully saturated rings. The SMILES string of the molecule is C1=C2\C=C/C=C/C=C/C=c3/cc/c(o3)=C/C=C1/O2. The van der Waals surface area contributed by atoms with Crippen LogP contribution in [0.25, 0.3) is 12.2 Å². The molecule has 0 radical (unpaired) electrons. The largest absolute Gasteiger partial charge is 0.457 e. The summed E-state index contributed by atoms with van der Waals surface area (Å²) in [6, 6.07) is 3.87. The Balaban J connectivity index is 2.03. The van der Waals surface area contributed by atoms with E-state index in [-0.39, 0.29) is 0 Å². The summed E-state index contributed by atoms with van der Waals surface area (Å²) in [5, 5.41) is 0. The minimum atomic E-state index is 0.813. The van der Waals surface area contributed by atoms with Gasteiger partial charge in [-0.15, -0.1) is 0 Å². The summed E-state index contributed by atoms with van der Waals surface area (Å²) in [7, 11) is 0. The van der Waals surface area contributed by atoms with Crippen LogP contribution in [0.15, 0.2) is 76.7 Å². The van der Waals surface area contributed by atoms with Crippen LogP contribution in [0.4, 0.5) is 0 Å². The second-order valence-corrected chi connectivity index (χ2v) is 3.92. The summed E-state index contributed by atoms with van der Waals surface area (Å²) in [4.78, 5) is 0. The number of rotatable bonds is 0. The van der Waals surface area contributed by atoms with E-state index in [2.05, 4.69) is 0 Å². The van der Waals surface area contributed by atoms with Gasteiger partial charge in [0.15, 0.2) is 0 Å². The summed E-state index contributed by atoms with van der Waals surface area (Å²) in [6.45, 7) is 0. The van der Waals surface area contributed by atoms with Crippen molar-refractivity contribution in [2.45, 2.75) is 0 Å². The Morgan fingerprint density at radius 2 is 1.39 bits per heavy atom. The van der Waals surface area contributed by atoms with Crippen molar-refractivity contribution >= 4 is 12.2 Å². The van der Waals surface area contributed by atoms with Gasteiger partial charge in [-0.3, -0.25) is 0 Å². The first-order chi connectivity index (χ1) is 8.90. The Morgan fingerprint density at radius 3 is 2.28 bits per heavy atom. The van der Waals surface area contributed by atoms with Crippen molar-refractivity contribution in [3.63, 3.8) is 0 Å². The van der Waals surface area contributed by atoms with Crippen molar-refractivity contribution in [2.75, 3.05) is 0 Å². The van der Waals surface area contributed by atoms with Crippen LogP contribution in [0.3, 0.4) is 0 Å². The van der Waals surface area contributed by atoms with Gasteiger partial charge < -0.3 is 9.15 Å². The predicted octanol–water partition coefficient (Wildman–Crippen LogP) is 2.32. The highest BCUT2D eigenvalue weighted by Gasteiger charge is 2.08. The third-order valence-electron chi connectivity index (χ3n) is 2.55. The van der Waals surface area contributed by atoms with Crippen LogP contribution in [0.5, 0.6) is 0 Å². The molecule has 4 heterocycles. The molecule has 0 atom stereocenters. The molecule has 88 valence electrons. The van der Waals surface area contributed by atoms with Crippen molar-refractivity contribution in [3.8, 4) is 0 Å². The van der Waals surface area contributed by atoms with Crippen LogP contribution in [0.2, 0.25) is 0 Å². The lowest BCUT2D eigenvalue weighted by molar-refractivity contribution is 0.292. The smallest absolute Gasteiger partial charge is 0.131 e. The second kappa shape index (κ2) is 4.80. The first kappa shape index (κ1) is 10.7. The average Bonchev–Trinajstić information content (AvgIpc) is 2.75. The fraction of sp³-hybridized carbons (Fsp3) is 0. The van der Waals surface area contributed by atoms with E-state index in [0.29, 0.717) is 0 Å². The van der Waals surface area contributed by atoms with Gasteiger partial charge in [0.2, 0.25) is 0 Å². The fourth-order valence-electron chi connectivity index (χ4n) is 1.65. The molecule has 3 aliphatic rings. The van der Waals surface area contributed by atoms with Gasteiger partial charge in [0.05, 0.1) is 0 Å². The third kappa shape index (κ3) is 2.43. The van der Waals surface area contributed by atoms with Crippen LogP contribution in [-0.2, 0) is 4.74 Å². The van der Waals surface area contributed by atoms with Crippen molar-refractivity contribution < 1.29 is 9.15 Å². The zero-order chi connectivity index (χ0) is 12.2. The zero-order valence-electron chi connectivity index (χ0n) is 9.74. The van der Waals surface area contributed by atoms with E-state index >= 15 is 0 Å². The predicted molar refractivity (Wildman–Crippen MR) is 71.6 cm³/mol. The minimum absolute atomic E-state index is 0.813. The van der Waals surface area contributed by atoms with E-state index < -0.39 is 0 Å². The molecule has 3 aliphatic heterocycles. The highest BCUT2D eigenvalue weighted by Crippen LogP contribution is 2.21. The quantitative estimate of drug-likeness (QED) is 0.689. The molecule has 1 aromatic rings. The summed E-state index contributed by atoms with van der Waals surface area (Å²) in [6.07, 6.45) is 19.4. The van der Waals surface area contributed by atoms with Gasteiger partial charge >= 0.3 is 0 Å². The molecule has 18 heavy (non-hydrogen) atoms. The van der Waals surface area contributed by atoms with Gasteiger partial charge in [-0.25, -0.2) is 0 Å². The third-order valence-corrected chi connectivity index (χ3v) is 2.55. The normalized spacial score (nSPS) is 29.1. The topological polar surface area (TPSA) is 22.4 Å². The van der Waals surface area contributed by atoms with Crippen LogP contribution in [0.1, 0.15) is 0 Å². The van der Waals surface area contributed by atoms with E-state index in [4.69, 9.17) is 9.15 Å². The molecule has 0 amide bonds. The molecule has 4 bridgehead atoms. The minimum Gasteiger partial charge on any atom is -0.457 e. The molecule has 0 N–H and O–H groups in total. The number of furan rings is 1. The van der Waals surface area contributed by atoms with Gasteiger partial charge in [0.1, 0.15) is 22.3 Å². The number of hydrogen-bond donors (Lipinski definition) is 0. The van der Waals surface area contributed by atoms with Gasteiger partial charge in [0.25, 0.3) is 0 Å². The number of hydrogen-bond acceptors (Lipinski definition) is 2.